The Morgan fingerprint density at radius 1 is 1.28 bits per heavy atom. The summed E-state index contributed by atoms with van der Waals surface area (Å²) in [6, 6.07) is 6.22. The molecule has 1 unspecified atom stereocenters. The molecule has 6 nitrogen and oxygen atoms in total. The van der Waals surface area contributed by atoms with E-state index in [2.05, 4.69) is 22.6 Å². The number of rotatable bonds is 3. The molecule has 4 rings (SSSR count). The van der Waals surface area contributed by atoms with Crippen molar-refractivity contribution >= 4 is 23.2 Å². The maximum absolute atomic E-state index is 12.6. The van der Waals surface area contributed by atoms with Crippen LogP contribution in [0.2, 0.25) is 0 Å². The summed E-state index contributed by atoms with van der Waals surface area (Å²) in [5.41, 5.74) is 4.86. The van der Waals surface area contributed by atoms with Gasteiger partial charge in [-0.25, -0.2) is 0 Å². The Balaban J connectivity index is 1.49. The normalized spacial score (nSPS) is 19.4. The first-order valence-electron chi connectivity index (χ1n) is 8.69. The zero-order chi connectivity index (χ0) is 17.6. The number of carbonyl (C=O) groups excluding carboxylic acids is 2. The summed E-state index contributed by atoms with van der Waals surface area (Å²) in [6.07, 6.45) is 3.59. The molecule has 2 aliphatic rings. The Bertz CT molecular complexity index is 836. The molecule has 2 amide bonds. The summed E-state index contributed by atoms with van der Waals surface area (Å²) in [5.74, 6) is 0.0448. The van der Waals surface area contributed by atoms with Crippen molar-refractivity contribution in [2.75, 3.05) is 16.8 Å². The smallest absolute Gasteiger partial charge is 0.229 e. The topological polar surface area (TPSA) is 75.4 Å². The van der Waals surface area contributed by atoms with Crippen LogP contribution in [-0.2, 0) is 22.4 Å². The minimum atomic E-state index is -0.366. The maximum Gasteiger partial charge on any atom is 0.229 e. The third-order valence-corrected chi connectivity index (χ3v) is 5.17. The Hall–Kier alpha value is -2.63. The molecule has 2 heterocycles. The zero-order valence-electron chi connectivity index (χ0n) is 14.5. The van der Waals surface area contributed by atoms with Crippen LogP contribution in [0.1, 0.15) is 35.4 Å². The van der Waals surface area contributed by atoms with Crippen molar-refractivity contribution in [2.45, 2.75) is 39.5 Å². The number of amides is 2. The van der Waals surface area contributed by atoms with E-state index < -0.39 is 0 Å². The van der Waals surface area contributed by atoms with Crippen LogP contribution in [0.15, 0.2) is 22.7 Å². The van der Waals surface area contributed by atoms with Gasteiger partial charge in [0.05, 0.1) is 5.92 Å². The summed E-state index contributed by atoms with van der Waals surface area (Å²) in [6.45, 7) is 3.95. The third-order valence-electron chi connectivity index (χ3n) is 5.17. The molecule has 1 atom stereocenters. The van der Waals surface area contributed by atoms with Gasteiger partial charge in [-0.05, 0) is 56.4 Å². The minimum Gasteiger partial charge on any atom is -0.359 e. The first kappa shape index (κ1) is 15.9. The summed E-state index contributed by atoms with van der Waals surface area (Å²) >= 11 is 0. The lowest BCUT2D eigenvalue weighted by molar-refractivity contribution is -0.122. The molecule has 0 spiro atoms. The van der Waals surface area contributed by atoms with Crippen LogP contribution >= 0.6 is 0 Å². The molecule has 1 N–H and O–H groups in total. The van der Waals surface area contributed by atoms with E-state index >= 15 is 0 Å². The highest BCUT2D eigenvalue weighted by Crippen LogP contribution is 2.31. The van der Waals surface area contributed by atoms with Crippen LogP contribution in [-0.4, -0.2) is 23.5 Å². The molecule has 1 fully saturated rings. The highest BCUT2D eigenvalue weighted by Gasteiger charge is 2.36. The van der Waals surface area contributed by atoms with Gasteiger partial charge in [-0.1, -0.05) is 11.2 Å². The van der Waals surface area contributed by atoms with Gasteiger partial charge in [0.15, 0.2) is 5.76 Å². The van der Waals surface area contributed by atoms with E-state index in [1.807, 2.05) is 6.07 Å². The van der Waals surface area contributed by atoms with E-state index in [1.165, 1.54) is 17.5 Å². The first-order chi connectivity index (χ1) is 12.0. The van der Waals surface area contributed by atoms with Gasteiger partial charge < -0.3 is 14.7 Å². The molecule has 0 bridgehead atoms. The second kappa shape index (κ2) is 6.02. The molecule has 1 aliphatic heterocycles. The van der Waals surface area contributed by atoms with Gasteiger partial charge in [0, 0.05) is 18.7 Å². The quantitative estimate of drug-likeness (QED) is 0.933. The predicted octanol–water partition coefficient (Wildman–Crippen LogP) is 2.77. The van der Waals surface area contributed by atoms with Crippen LogP contribution in [0.4, 0.5) is 11.4 Å². The Labute approximate surface area is 146 Å². The molecule has 2 aromatic rings. The lowest BCUT2D eigenvalue weighted by Crippen LogP contribution is -2.28. The first-order valence-corrected chi connectivity index (χ1v) is 8.69. The van der Waals surface area contributed by atoms with Gasteiger partial charge in [-0.2, -0.15) is 0 Å². The van der Waals surface area contributed by atoms with Crippen molar-refractivity contribution in [1.82, 2.24) is 5.16 Å². The predicted molar refractivity (Wildman–Crippen MR) is 93.5 cm³/mol. The summed E-state index contributed by atoms with van der Waals surface area (Å²) in [7, 11) is 0. The molecule has 6 heteroatoms. The molecule has 1 aromatic heterocycles. The number of nitrogens with zero attached hydrogens (tertiary/aromatic N) is 2. The Kier molecular flexibility index (Phi) is 3.82. The lowest BCUT2D eigenvalue weighted by Gasteiger charge is -2.18. The molecule has 1 aliphatic carbocycles. The number of aromatic nitrogens is 1. The number of benzene rings is 1. The fourth-order valence-corrected chi connectivity index (χ4v) is 3.75. The van der Waals surface area contributed by atoms with Gasteiger partial charge in [-0.3, -0.25) is 9.59 Å². The Morgan fingerprint density at radius 2 is 2.08 bits per heavy atom. The van der Waals surface area contributed by atoms with Gasteiger partial charge in [-0.15, -0.1) is 0 Å². The Morgan fingerprint density at radius 3 is 2.84 bits per heavy atom. The van der Waals surface area contributed by atoms with E-state index in [-0.39, 0.29) is 24.2 Å². The van der Waals surface area contributed by atoms with E-state index in [0.29, 0.717) is 23.7 Å². The number of carbonyl (C=O) groups is 2. The van der Waals surface area contributed by atoms with Crippen LogP contribution in [0, 0.1) is 19.8 Å². The fraction of sp³-hybridized carbons (Fsp3) is 0.421. The van der Waals surface area contributed by atoms with Crippen LogP contribution in [0.25, 0.3) is 0 Å². The number of anilines is 2. The van der Waals surface area contributed by atoms with Crippen molar-refractivity contribution < 1.29 is 14.1 Å². The highest BCUT2D eigenvalue weighted by molar-refractivity contribution is 6.03. The number of aryl methyl sites for hydroxylation is 4. The van der Waals surface area contributed by atoms with E-state index in [1.54, 1.807) is 18.7 Å². The molecular formula is C19H21N3O3. The van der Waals surface area contributed by atoms with Gasteiger partial charge in [0.2, 0.25) is 11.8 Å². The van der Waals surface area contributed by atoms with Gasteiger partial charge in [0.25, 0.3) is 0 Å². The molecule has 0 radical (unpaired) electrons. The molecule has 1 aromatic carbocycles. The molecule has 25 heavy (non-hydrogen) atoms. The number of fused-ring (bicyclic) bond motifs is 1. The monoisotopic (exact) mass is 339 g/mol. The maximum atomic E-state index is 12.6. The standard InChI is InChI=1S/C19H21N3O3/c1-11-18(12(2)25-21-11)20-19(24)15-9-17(23)22(10-15)16-7-6-13-4-3-5-14(13)8-16/h6-8,15H,3-5,9-10H2,1-2H3,(H,20,24). The van der Waals surface area contributed by atoms with Crippen molar-refractivity contribution in [3.05, 3.63) is 40.8 Å². The van der Waals surface area contributed by atoms with Crippen LogP contribution in [0.5, 0.6) is 0 Å². The molecule has 0 saturated carbocycles. The van der Waals surface area contributed by atoms with Crippen LogP contribution in [0.3, 0.4) is 0 Å². The zero-order valence-corrected chi connectivity index (χ0v) is 14.5. The van der Waals surface area contributed by atoms with Crippen molar-refractivity contribution in [3.8, 4) is 0 Å². The number of hydrogen-bond acceptors (Lipinski definition) is 4. The van der Waals surface area contributed by atoms with Gasteiger partial charge >= 0.3 is 0 Å². The summed E-state index contributed by atoms with van der Waals surface area (Å²) in [5, 5.41) is 6.70. The second-order valence-corrected chi connectivity index (χ2v) is 6.90. The molecule has 1 saturated heterocycles. The number of hydrogen-bond donors (Lipinski definition) is 1. The van der Waals surface area contributed by atoms with E-state index in [4.69, 9.17) is 4.52 Å². The fourth-order valence-electron chi connectivity index (χ4n) is 3.75. The SMILES string of the molecule is Cc1noc(C)c1NC(=O)C1CC(=O)N(c2ccc3c(c2)CCC3)C1. The van der Waals surface area contributed by atoms with Crippen LogP contribution < -0.4 is 10.2 Å². The average molecular weight is 339 g/mol. The second-order valence-electron chi connectivity index (χ2n) is 6.90. The number of nitrogens with one attached hydrogen (secondary N) is 1. The summed E-state index contributed by atoms with van der Waals surface area (Å²) < 4.78 is 5.07. The highest BCUT2D eigenvalue weighted by atomic mass is 16.5. The van der Waals surface area contributed by atoms with E-state index in [9.17, 15) is 9.59 Å². The lowest BCUT2D eigenvalue weighted by atomic mass is 10.1. The van der Waals surface area contributed by atoms with Crippen molar-refractivity contribution in [2.24, 2.45) is 5.92 Å². The van der Waals surface area contributed by atoms with Crippen molar-refractivity contribution in [3.63, 3.8) is 0 Å². The van der Waals surface area contributed by atoms with Crippen molar-refractivity contribution in [1.29, 1.82) is 0 Å². The minimum absolute atomic E-state index is 0.00291. The third kappa shape index (κ3) is 2.81. The molecule has 130 valence electrons. The average Bonchev–Trinajstić information content (AvgIpc) is 3.29. The van der Waals surface area contributed by atoms with Gasteiger partial charge in [0.1, 0.15) is 11.4 Å². The summed E-state index contributed by atoms with van der Waals surface area (Å²) in [4.78, 5) is 26.7. The molecular weight excluding hydrogens is 318 g/mol. The largest absolute Gasteiger partial charge is 0.359 e. The van der Waals surface area contributed by atoms with E-state index in [0.717, 1.165) is 18.5 Å².